The number of hydrazone groups is 1. The van der Waals surface area contributed by atoms with Crippen molar-refractivity contribution in [2.24, 2.45) is 5.10 Å². The van der Waals surface area contributed by atoms with Crippen molar-refractivity contribution in [3.63, 3.8) is 0 Å². The number of nitrogens with one attached hydrogen (secondary N) is 1. The number of halogens is 1. The van der Waals surface area contributed by atoms with Gasteiger partial charge in [-0.2, -0.15) is 5.10 Å². The number of hydrogen-bond donors (Lipinski definition) is 1. The largest absolute Gasteiger partial charge is 0.296 e. The predicted octanol–water partition coefficient (Wildman–Crippen LogP) is 2.39. The molecule has 0 unspecified atom stereocenters. The Kier molecular flexibility index (Phi) is 6.92. The zero-order valence-electron chi connectivity index (χ0n) is 15.4. The van der Waals surface area contributed by atoms with Crippen molar-refractivity contribution in [1.82, 2.24) is 20.2 Å². The van der Waals surface area contributed by atoms with E-state index in [0.29, 0.717) is 6.54 Å². The number of amides is 1. The molecule has 1 aliphatic rings. The summed E-state index contributed by atoms with van der Waals surface area (Å²) in [5.41, 5.74) is 5.41. The average molecular weight is 386 g/mol. The summed E-state index contributed by atoms with van der Waals surface area (Å²) < 4.78 is 0. The molecule has 0 saturated carbocycles. The van der Waals surface area contributed by atoms with E-state index >= 15 is 0 Å². The summed E-state index contributed by atoms with van der Waals surface area (Å²) in [6, 6.07) is 11.7. The van der Waals surface area contributed by atoms with Gasteiger partial charge < -0.3 is 0 Å². The lowest BCUT2D eigenvalue weighted by Gasteiger charge is -2.34. The van der Waals surface area contributed by atoms with Crippen LogP contribution in [0.3, 0.4) is 0 Å². The van der Waals surface area contributed by atoms with E-state index in [4.69, 9.17) is 11.6 Å². The average Bonchev–Trinajstić information content (AvgIpc) is 2.70. The van der Waals surface area contributed by atoms with Crippen LogP contribution < -0.4 is 5.43 Å². The molecular formula is C20H24ClN5O. The van der Waals surface area contributed by atoms with Gasteiger partial charge in [0.05, 0.1) is 12.3 Å². The van der Waals surface area contributed by atoms with Crippen LogP contribution in [0.1, 0.15) is 18.1 Å². The molecule has 0 atom stereocenters. The lowest BCUT2D eigenvalue weighted by Crippen LogP contribution is -2.48. The number of rotatable bonds is 6. The van der Waals surface area contributed by atoms with Crippen LogP contribution in [0, 0.1) is 0 Å². The number of aromatic nitrogens is 1. The molecule has 2 aromatic rings. The van der Waals surface area contributed by atoms with Crippen LogP contribution in [0.5, 0.6) is 0 Å². The highest BCUT2D eigenvalue weighted by Crippen LogP contribution is 2.17. The first kappa shape index (κ1) is 19.5. The Morgan fingerprint density at radius 2 is 1.89 bits per heavy atom. The molecule has 1 aromatic heterocycles. The van der Waals surface area contributed by atoms with Crippen molar-refractivity contribution in [3.05, 3.63) is 64.9 Å². The predicted molar refractivity (Wildman–Crippen MR) is 108 cm³/mol. The fourth-order valence-electron chi connectivity index (χ4n) is 3.00. The summed E-state index contributed by atoms with van der Waals surface area (Å²) in [5, 5.41) is 4.97. The highest BCUT2D eigenvalue weighted by Gasteiger charge is 2.19. The highest BCUT2D eigenvalue weighted by molar-refractivity contribution is 6.31. The molecule has 6 nitrogen and oxygen atoms in total. The van der Waals surface area contributed by atoms with Crippen molar-refractivity contribution in [2.45, 2.75) is 13.5 Å². The van der Waals surface area contributed by atoms with Gasteiger partial charge >= 0.3 is 0 Å². The summed E-state index contributed by atoms with van der Waals surface area (Å²) >= 11 is 6.24. The third kappa shape index (κ3) is 5.85. The molecule has 0 spiro atoms. The quantitative estimate of drug-likeness (QED) is 0.612. The molecule has 2 heterocycles. The van der Waals surface area contributed by atoms with Crippen molar-refractivity contribution < 1.29 is 4.79 Å². The molecule has 1 fully saturated rings. The van der Waals surface area contributed by atoms with Crippen LogP contribution in [0.4, 0.5) is 0 Å². The van der Waals surface area contributed by atoms with Gasteiger partial charge in [-0.3, -0.25) is 19.6 Å². The molecule has 0 bridgehead atoms. The van der Waals surface area contributed by atoms with Crippen molar-refractivity contribution in [2.75, 3.05) is 32.7 Å². The third-order valence-electron chi connectivity index (χ3n) is 4.61. The van der Waals surface area contributed by atoms with Crippen LogP contribution in [-0.2, 0) is 11.3 Å². The summed E-state index contributed by atoms with van der Waals surface area (Å²) in [7, 11) is 0. The fourth-order valence-corrected chi connectivity index (χ4v) is 3.19. The Morgan fingerprint density at radius 1 is 1.15 bits per heavy atom. The van der Waals surface area contributed by atoms with Crippen molar-refractivity contribution in [1.29, 1.82) is 0 Å². The monoisotopic (exact) mass is 385 g/mol. The molecular weight excluding hydrogens is 362 g/mol. The van der Waals surface area contributed by atoms with Gasteiger partial charge in [0.25, 0.3) is 5.91 Å². The van der Waals surface area contributed by atoms with Gasteiger partial charge in [-0.25, -0.2) is 5.43 Å². The van der Waals surface area contributed by atoms with Crippen LogP contribution in [0.2, 0.25) is 5.02 Å². The number of nitrogens with zero attached hydrogens (tertiary/aromatic N) is 4. The molecule has 27 heavy (non-hydrogen) atoms. The maximum atomic E-state index is 12.2. The van der Waals surface area contributed by atoms with E-state index in [9.17, 15) is 4.79 Å². The SMILES string of the molecule is CC(=NNC(=O)CN1CCN(Cc2ccccc2Cl)CC1)c1cccnc1. The van der Waals surface area contributed by atoms with E-state index < -0.39 is 0 Å². The molecule has 3 rings (SSSR count). The number of pyridine rings is 1. The van der Waals surface area contributed by atoms with E-state index in [0.717, 1.165) is 54.6 Å². The van der Waals surface area contributed by atoms with E-state index in [1.54, 1.807) is 12.4 Å². The Labute approximate surface area is 164 Å². The lowest BCUT2D eigenvalue weighted by molar-refractivity contribution is -0.122. The zero-order chi connectivity index (χ0) is 19.1. The molecule has 142 valence electrons. The minimum absolute atomic E-state index is 0.0993. The summed E-state index contributed by atoms with van der Waals surface area (Å²) in [6.07, 6.45) is 3.43. The van der Waals surface area contributed by atoms with E-state index in [1.807, 2.05) is 37.3 Å². The third-order valence-corrected chi connectivity index (χ3v) is 4.98. The summed E-state index contributed by atoms with van der Waals surface area (Å²) in [4.78, 5) is 20.7. The van der Waals surface area contributed by atoms with E-state index in [1.165, 1.54) is 0 Å². The number of piperazine rings is 1. The van der Waals surface area contributed by atoms with Gasteiger partial charge in [0.15, 0.2) is 0 Å². The minimum atomic E-state index is -0.0993. The maximum Gasteiger partial charge on any atom is 0.254 e. The smallest absolute Gasteiger partial charge is 0.254 e. The first-order valence-corrected chi connectivity index (χ1v) is 9.41. The number of hydrogen-bond acceptors (Lipinski definition) is 5. The summed E-state index contributed by atoms with van der Waals surface area (Å²) in [5.74, 6) is -0.0993. The van der Waals surface area contributed by atoms with Gasteiger partial charge in [0.1, 0.15) is 0 Å². The van der Waals surface area contributed by atoms with E-state index in [-0.39, 0.29) is 5.91 Å². The number of benzene rings is 1. The second kappa shape index (κ2) is 9.60. The van der Waals surface area contributed by atoms with Crippen LogP contribution >= 0.6 is 11.6 Å². The fraction of sp³-hybridized carbons (Fsp3) is 0.350. The lowest BCUT2D eigenvalue weighted by atomic mass is 10.2. The Hall–Kier alpha value is -2.28. The molecule has 1 saturated heterocycles. The molecule has 0 radical (unpaired) electrons. The topological polar surface area (TPSA) is 60.8 Å². The van der Waals surface area contributed by atoms with Crippen LogP contribution in [0.25, 0.3) is 0 Å². The van der Waals surface area contributed by atoms with Crippen molar-refractivity contribution in [3.8, 4) is 0 Å². The normalized spacial score (nSPS) is 16.3. The molecule has 7 heteroatoms. The van der Waals surface area contributed by atoms with Crippen molar-refractivity contribution >= 4 is 23.2 Å². The Morgan fingerprint density at radius 3 is 2.59 bits per heavy atom. The molecule has 1 N–H and O–H groups in total. The van der Waals surface area contributed by atoms with Crippen LogP contribution in [0.15, 0.2) is 53.9 Å². The summed E-state index contributed by atoms with van der Waals surface area (Å²) in [6.45, 7) is 6.57. The van der Waals surface area contributed by atoms with Crippen LogP contribution in [-0.4, -0.2) is 59.1 Å². The van der Waals surface area contributed by atoms with Gasteiger partial charge in [0, 0.05) is 55.7 Å². The number of carbonyl (C=O) groups is 1. The molecule has 0 aliphatic carbocycles. The minimum Gasteiger partial charge on any atom is -0.296 e. The Bertz CT molecular complexity index is 788. The molecule has 1 amide bonds. The first-order valence-electron chi connectivity index (χ1n) is 9.03. The maximum absolute atomic E-state index is 12.2. The van der Waals surface area contributed by atoms with Gasteiger partial charge in [-0.15, -0.1) is 0 Å². The highest BCUT2D eigenvalue weighted by atomic mass is 35.5. The van der Waals surface area contributed by atoms with E-state index in [2.05, 4.69) is 31.4 Å². The van der Waals surface area contributed by atoms with Gasteiger partial charge in [0.2, 0.25) is 0 Å². The standard InChI is InChI=1S/C20H24ClN5O/c1-16(17-6-4-8-22-13-17)23-24-20(27)15-26-11-9-25(10-12-26)14-18-5-2-3-7-19(18)21/h2-8,13H,9-12,14-15H2,1H3,(H,24,27). The first-order chi connectivity index (χ1) is 13.1. The molecule has 1 aromatic carbocycles. The Balaban J connectivity index is 1.42. The second-order valence-electron chi connectivity index (χ2n) is 6.62. The number of carbonyl (C=O) groups excluding carboxylic acids is 1. The zero-order valence-corrected chi connectivity index (χ0v) is 16.2. The van der Waals surface area contributed by atoms with Gasteiger partial charge in [-0.05, 0) is 24.6 Å². The second-order valence-corrected chi connectivity index (χ2v) is 7.02. The van der Waals surface area contributed by atoms with Gasteiger partial charge in [-0.1, -0.05) is 35.9 Å². The molecule has 1 aliphatic heterocycles.